The van der Waals surface area contributed by atoms with Gasteiger partial charge in [-0.3, -0.25) is 4.79 Å². The minimum absolute atomic E-state index is 0.0587. The van der Waals surface area contributed by atoms with E-state index in [1.54, 1.807) is 6.33 Å². The average molecular weight is 437 g/mol. The molecule has 0 radical (unpaired) electrons. The highest BCUT2D eigenvalue weighted by Crippen LogP contribution is 2.30. The zero-order chi connectivity index (χ0) is 23.1. The van der Waals surface area contributed by atoms with Crippen molar-refractivity contribution in [1.29, 1.82) is 0 Å². The number of unbranched alkanes of at least 4 members (excludes halogenated alkanes) is 1. The first-order valence-corrected chi connectivity index (χ1v) is 10.7. The van der Waals surface area contributed by atoms with Crippen LogP contribution in [0.2, 0.25) is 0 Å². The molecule has 2 heterocycles. The fourth-order valence-corrected chi connectivity index (χ4v) is 3.94. The van der Waals surface area contributed by atoms with Gasteiger partial charge in [-0.15, -0.1) is 0 Å². The number of aryl methyl sites for hydroxylation is 2. The Labute approximate surface area is 185 Å². The molecule has 0 spiro atoms. The zero-order valence-corrected chi connectivity index (χ0v) is 18.0. The number of carbonyl (C=O) groups excluding carboxylic acids is 1. The number of hydrogen-bond donors (Lipinski definition) is 3. The number of H-pyrrole nitrogens is 1. The number of nitrogens with one attached hydrogen (secondary N) is 1. The summed E-state index contributed by atoms with van der Waals surface area (Å²) >= 11 is 0. The van der Waals surface area contributed by atoms with Crippen LogP contribution >= 0.6 is 0 Å². The molecule has 4 rings (SSSR count). The first-order chi connectivity index (χ1) is 15.4. The largest absolute Gasteiger partial charge is 0.478 e. The molecule has 0 aliphatic heterocycles. The van der Waals surface area contributed by atoms with Crippen molar-refractivity contribution in [3.05, 3.63) is 65.9 Å². The van der Waals surface area contributed by atoms with Crippen LogP contribution in [0.1, 0.15) is 47.9 Å². The predicted octanol–water partition coefficient (Wildman–Crippen LogP) is 3.86. The molecule has 1 atom stereocenters. The molecule has 1 aliphatic carbocycles. The number of aromatic nitrogens is 3. The van der Waals surface area contributed by atoms with Crippen molar-refractivity contribution in [2.45, 2.75) is 45.6 Å². The number of carboxylic acid groups (broad SMARTS) is 2. The molecule has 0 saturated carbocycles. The average Bonchev–Trinajstić information content (AvgIpc) is 3.40. The number of rotatable bonds is 7. The lowest BCUT2D eigenvalue weighted by molar-refractivity contribution is -0.134. The van der Waals surface area contributed by atoms with Crippen molar-refractivity contribution >= 4 is 28.6 Å². The van der Waals surface area contributed by atoms with Crippen molar-refractivity contribution in [3.8, 4) is 0 Å². The van der Waals surface area contributed by atoms with E-state index in [0.29, 0.717) is 12.2 Å². The van der Waals surface area contributed by atoms with Crippen LogP contribution in [-0.2, 0) is 29.0 Å². The summed E-state index contributed by atoms with van der Waals surface area (Å²) in [5.41, 5.74) is 4.32. The fourth-order valence-electron chi connectivity index (χ4n) is 3.94. The molecular formula is C24H27N3O5. The molecule has 32 heavy (non-hydrogen) atoms. The van der Waals surface area contributed by atoms with Crippen LogP contribution in [0.15, 0.2) is 48.9 Å². The van der Waals surface area contributed by atoms with Crippen LogP contribution in [0.5, 0.6) is 0 Å². The number of carboxylic acids is 2. The first kappa shape index (κ1) is 23.0. The molecule has 168 valence electrons. The molecule has 0 amide bonds. The summed E-state index contributed by atoms with van der Waals surface area (Å²) in [4.78, 5) is 39.8. The summed E-state index contributed by atoms with van der Waals surface area (Å²) in [6.45, 7) is 3.17. The van der Waals surface area contributed by atoms with Crippen molar-refractivity contribution < 1.29 is 24.6 Å². The van der Waals surface area contributed by atoms with Gasteiger partial charge in [0.15, 0.2) is 5.78 Å². The van der Waals surface area contributed by atoms with Gasteiger partial charge in [0.05, 0.1) is 12.0 Å². The fraction of sp³-hybridized carbons (Fsp3) is 0.333. The van der Waals surface area contributed by atoms with Gasteiger partial charge in [-0.25, -0.2) is 14.6 Å². The van der Waals surface area contributed by atoms with Crippen molar-refractivity contribution in [2.24, 2.45) is 5.92 Å². The Morgan fingerprint density at radius 3 is 2.59 bits per heavy atom. The minimum Gasteiger partial charge on any atom is -0.478 e. The summed E-state index contributed by atoms with van der Waals surface area (Å²) in [5, 5.41) is 16.7. The van der Waals surface area contributed by atoms with Gasteiger partial charge in [0, 0.05) is 53.0 Å². The van der Waals surface area contributed by atoms with E-state index >= 15 is 0 Å². The maximum atomic E-state index is 13.2. The summed E-state index contributed by atoms with van der Waals surface area (Å²) in [5.74, 6) is -2.18. The van der Waals surface area contributed by atoms with Gasteiger partial charge < -0.3 is 19.8 Å². The van der Waals surface area contributed by atoms with E-state index in [0.717, 1.165) is 61.0 Å². The summed E-state index contributed by atoms with van der Waals surface area (Å²) < 4.78 is 2.25. The number of benzene rings is 1. The Kier molecular flexibility index (Phi) is 7.59. The van der Waals surface area contributed by atoms with Crippen LogP contribution in [0, 0.1) is 5.92 Å². The third-order valence-corrected chi connectivity index (χ3v) is 5.53. The lowest BCUT2D eigenvalue weighted by Crippen LogP contribution is -2.22. The molecule has 2 aromatic heterocycles. The second-order valence-electron chi connectivity index (χ2n) is 7.75. The van der Waals surface area contributed by atoms with E-state index in [4.69, 9.17) is 10.2 Å². The van der Waals surface area contributed by atoms with Gasteiger partial charge >= 0.3 is 11.9 Å². The number of aromatic amines is 1. The summed E-state index contributed by atoms with van der Waals surface area (Å²) in [6.07, 6.45) is 9.79. The molecule has 1 unspecified atom stereocenters. The van der Waals surface area contributed by atoms with E-state index in [1.807, 2.05) is 6.07 Å². The number of aliphatic carboxylic acids is 2. The molecule has 8 heteroatoms. The second-order valence-corrected chi connectivity index (χ2v) is 7.75. The Hall–Kier alpha value is -3.68. The third kappa shape index (κ3) is 5.51. The highest BCUT2D eigenvalue weighted by Gasteiger charge is 2.28. The van der Waals surface area contributed by atoms with Crippen molar-refractivity contribution in [3.63, 3.8) is 0 Å². The van der Waals surface area contributed by atoms with Gasteiger partial charge in [-0.2, -0.15) is 0 Å². The minimum atomic E-state index is -1.26. The molecule has 1 aliphatic rings. The van der Waals surface area contributed by atoms with Crippen LogP contribution in [0.25, 0.3) is 10.9 Å². The van der Waals surface area contributed by atoms with Crippen molar-refractivity contribution in [2.75, 3.05) is 0 Å². The van der Waals surface area contributed by atoms with E-state index in [9.17, 15) is 14.4 Å². The highest BCUT2D eigenvalue weighted by molar-refractivity contribution is 6.09. The number of carbonyl (C=O) groups is 3. The van der Waals surface area contributed by atoms with E-state index in [1.165, 1.54) is 5.52 Å². The first-order valence-electron chi connectivity index (χ1n) is 10.7. The quantitative estimate of drug-likeness (QED) is 0.381. The summed E-state index contributed by atoms with van der Waals surface area (Å²) in [6, 6.07) is 8.28. The van der Waals surface area contributed by atoms with E-state index < -0.39 is 11.9 Å². The van der Waals surface area contributed by atoms with Gasteiger partial charge in [0.1, 0.15) is 0 Å². The number of ketones is 1. The Morgan fingerprint density at radius 2 is 1.91 bits per heavy atom. The van der Waals surface area contributed by atoms with Gasteiger partial charge in [-0.1, -0.05) is 31.5 Å². The lowest BCUT2D eigenvalue weighted by atomic mass is 9.84. The molecule has 0 saturated heterocycles. The maximum absolute atomic E-state index is 13.2. The number of imidazole rings is 1. The van der Waals surface area contributed by atoms with E-state index in [-0.39, 0.29) is 11.7 Å². The van der Waals surface area contributed by atoms with Crippen LogP contribution in [-0.4, -0.2) is 42.5 Å². The lowest BCUT2D eigenvalue weighted by Gasteiger charge is -2.19. The molecule has 0 fully saturated rings. The highest BCUT2D eigenvalue weighted by atomic mass is 16.4. The van der Waals surface area contributed by atoms with Crippen LogP contribution < -0.4 is 0 Å². The monoisotopic (exact) mass is 437 g/mol. The third-order valence-electron chi connectivity index (χ3n) is 5.53. The van der Waals surface area contributed by atoms with Crippen molar-refractivity contribution in [1.82, 2.24) is 14.5 Å². The topological polar surface area (TPSA) is 125 Å². The van der Waals surface area contributed by atoms with E-state index in [2.05, 4.69) is 45.9 Å². The molecule has 8 nitrogen and oxygen atoms in total. The Bertz CT molecular complexity index is 1130. The summed E-state index contributed by atoms with van der Waals surface area (Å²) in [7, 11) is 0. The number of fused-ring (bicyclic) bond motifs is 2. The normalized spacial score (nSPS) is 15.2. The molecule has 3 N–H and O–H groups in total. The SMILES string of the molecule is CCCCn1cc(C(=O)C2CCc3nc[nH]c3C2)c2ccccc21.O=C(O)C=CC(=O)O. The zero-order valence-electron chi connectivity index (χ0n) is 18.0. The van der Waals surface area contributed by atoms with Crippen LogP contribution in [0.3, 0.4) is 0 Å². The maximum Gasteiger partial charge on any atom is 0.328 e. The van der Waals surface area contributed by atoms with Crippen LogP contribution in [0.4, 0.5) is 0 Å². The van der Waals surface area contributed by atoms with Gasteiger partial charge in [0.25, 0.3) is 0 Å². The molecular weight excluding hydrogens is 410 g/mol. The predicted molar refractivity (Wildman–Crippen MR) is 120 cm³/mol. The smallest absolute Gasteiger partial charge is 0.328 e. The number of Topliss-reactive ketones (excluding diaryl/α,β-unsaturated/α-hetero) is 1. The van der Waals surface area contributed by atoms with Gasteiger partial charge in [-0.05, 0) is 31.7 Å². The Morgan fingerprint density at radius 1 is 1.19 bits per heavy atom. The number of para-hydroxylation sites is 1. The van der Waals surface area contributed by atoms with Gasteiger partial charge in [0.2, 0.25) is 0 Å². The molecule has 3 aromatic rings. The standard InChI is InChI=1S/C20H23N3O.C4H4O4/c1-2-3-10-23-12-16(15-6-4-5-7-19(15)23)20(24)14-8-9-17-18(11-14)22-13-21-17;5-3(6)1-2-4(7)8/h4-7,12-14H,2-3,8-11H2,1H3,(H,21,22);1-2H,(H,5,6)(H,7,8). The second kappa shape index (κ2) is 10.6. The molecule has 1 aromatic carbocycles. The molecule has 0 bridgehead atoms. The Balaban J connectivity index is 0.000000312. The number of hydrogen-bond acceptors (Lipinski definition) is 4. The number of nitrogens with zero attached hydrogens (tertiary/aromatic N) is 2.